The summed E-state index contributed by atoms with van der Waals surface area (Å²) >= 11 is 0. The first-order valence-electron chi connectivity index (χ1n) is 12.0. The fourth-order valence-corrected chi connectivity index (χ4v) is 5.15. The van der Waals surface area contributed by atoms with Crippen molar-refractivity contribution in [2.45, 2.75) is 97.4 Å². The first-order chi connectivity index (χ1) is 14.5. The molecule has 2 atom stereocenters. The highest BCUT2D eigenvalue weighted by Crippen LogP contribution is 2.44. The van der Waals surface area contributed by atoms with Gasteiger partial charge < -0.3 is 4.57 Å². The van der Waals surface area contributed by atoms with Gasteiger partial charge in [-0.15, -0.1) is 10.2 Å². The van der Waals surface area contributed by atoms with E-state index in [4.69, 9.17) is 0 Å². The molecule has 1 unspecified atom stereocenters. The molecule has 2 aliphatic carbocycles. The van der Waals surface area contributed by atoms with Gasteiger partial charge in [0.15, 0.2) is 0 Å². The fourth-order valence-electron chi connectivity index (χ4n) is 5.15. The van der Waals surface area contributed by atoms with Gasteiger partial charge in [-0.05, 0) is 49.7 Å². The third-order valence-corrected chi connectivity index (χ3v) is 7.25. The molecule has 0 aliphatic heterocycles. The monoisotopic (exact) mass is 407 g/mol. The van der Waals surface area contributed by atoms with Crippen molar-refractivity contribution in [2.75, 3.05) is 0 Å². The molecule has 2 fully saturated rings. The third-order valence-electron chi connectivity index (χ3n) is 7.25. The highest BCUT2D eigenvalue weighted by Gasteiger charge is 2.37. The van der Waals surface area contributed by atoms with Crippen molar-refractivity contribution in [3.05, 3.63) is 46.5 Å². The van der Waals surface area contributed by atoms with Crippen molar-refractivity contribution < 1.29 is 4.79 Å². The van der Waals surface area contributed by atoms with E-state index in [9.17, 15) is 4.79 Å². The van der Waals surface area contributed by atoms with Crippen LogP contribution in [0.1, 0.15) is 92.7 Å². The van der Waals surface area contributed by atoms with Crippen molar-refractivity contribution in [3.63, 3.8) is 0 Å². The molecule has 1 heterocycles. The summed E-state index contributed by atoms with van der Waals surface area (Å²) in [4.78, 5) is 12.7. The van der Waals surface area contributed by atoms with Crippen LogP contribution < -0.4 is 0 Å². The van der Waals surface area contributed by atoms with Gasteiger partial charge >= 0.3 is 0 Å². The predicted octanol–water partition coefficient (Wildman–Crippen LogP) is 5.73. The summed E-state index contributed by atoms with van der Waals surface area (Å²) in [5.74, 6) is 4.05. The maximum absolute atomic E-state index is 12.7. The number of aromatic nitrogens is 3. The molecule has 30 heavy (non-hydrogen) atoms. The highest BCUT2D eigenvalue weighted by molar-refractivity contribution is 5.81. The number of Topliss-reactive ketones (excluding diaryl/α,β-unsaturated/α-hetero) is 1. The SMILES string of the molecule is Cc1ccc(CC(=O)CCc2nnc(CCC3CCCCC3)n2C2C[C@@H]2C)c(C)c1. The molecule has 1 aromatic heterocycles. The number of benzene rings is 1. The predicted molar refractivity (Wildman–Crippen MR) is 121 cm³/mol. The second-order valence-corrected chi connectivity index (χ2v) is 9.87. The summed E-state index contributed by atoms with van der Waals surface area (Å²) < 4.78 is 2.40. The van der Waals surface area contributed by atoms with Gasteiger partial charge in [-0.25, -0.2) is 0 Å². The van der Waals surface area contributed by atoms with Crippen molar-refractivity contribution in [2.24, 2.45) is 11.8 Å². The summed E-state index contributed by atoms with van der Waals surface area (Å²) in [7, 11) is 0. The van der Waals surface area contributed by atoms with Crippen molar-refractivity contribution in [1.82, 2.24) is 14.8 Å². The van der Waals surface area contributed by atoms with Crippen LogP contribution in [-0.2, 0) is 24.1 Å². The van der Waals surface area contributed by atoms with Gasteiger partial charge in [0.2, 0.25) is 0 Å². The van der Waals surface area contributed by atoms with Crippen LogP contribution in [-0.4, -0.2) is 20.5 Å². The van der Waals surface area contributed by atoms with Gasteiger partial charge in [0.05, 0.1) is 0 Å². The van der Waals surface area contributed by atoms with E-state index in [-0.39, 0.29) is 0 Å². The van der Waals surface area contributed by atoms with Gasteiger partial charge in [-0.1, -0.05) is 62.8 Å². The van der Waals surface area contributed by atoms with Crippen LogP contribution in [0.2, 0.25) is 0 Å². The van der Waals surface area contributed by atoms with Crippen LogP contribution in [0.3, 0.4) is 0 Å². The molecule has 0 saturated heterocycles. The lowest BCUT2D eigenvalue weighted by molar-refractivity contribution is -0.118. The molecule has 0 amide bonds. The Morgan fingerprint density at radius 2 is 1.77 bits per heavy atom. The zero-order chi connectivity index (χ0) is 21.1. The Labute approximate surface area is 181 Å². The van der Waals surface area contributed by atoms with Crippen molar-refractivity contribution in [3.8, 4) is 0 Å². The first-order valence-corrected chi connectivity index (χ1v) is 12.0. The van der Waals surface area contributed by atoms with E-state index in [1.807, 2.05) is 0 Å². The second-order valence-electron chi connectivity index (χ2n) is 9.87. The minimum Gasteiger partial charge on any atom is -0.312 e. The van der Waals surface area contributed by atoms with E-state index in [2.05, 4.69) is 53.7 Å². The summed E-state index contributed by atoms with van der Waals surface area (Å²) in [5, 5.41) is 9.13. The van der Waals surface area contributed by atoms with Crippen LogP contribution in [0.25, 0.3) is 0 Å². The number of aryl methyl sites for hydroxylation is 4. The van der Waals surface area contributed by atoms with E-state index in [1.54, 1.807) is 0 Å². The molecule has 1 aromatic carbocycles. The lowest BCUT2D eigenvalue weighted by atomic mass is 9.86. The molecule has 0 radical (unpaired) electrons. The molecule has 2 aromatic rings. The Kier molecular flexibility index (Phi) is 6.70. The minimum absolute atomic E-state index is 0.295. The fraction of sp³-hybridized carbons (Fsp3) is 0.654. The number of carbonyl (C=O) groups is 1. The molecule has 0 N–H and O–H groups in total. The lowest BCUT2D eigenvalue weighted by Crippen LogP contribution is -2.13. The topological polar surface area (TPSA) is 47.8 Å². The van der Waals surface area contributed by atoms with Crippen LogP contribution in [0.15, 0.2) is 18.2 Å². The maximum Gasteiger partial charge on any atom is 0.137 e. The Balaban J connectivity index is 1.37. The molecular weight excluding hydrogens is 370 g/mol. The van der Waals surface area contributed by atoms with Crippen LogP contribution in [0.4, 0.5) is 0 Å². The molecule has 4 rings (SSSR count). The number of hydrogen-bond acceptors (Lipinski definition) is 3. The molecule has 162 valence electrons. The molecule has 2 aliphatic rings. The van der Waals surface area contributed by atoms with Crippen LogP contribution in [0.5, 0.6) is 0 Å². The first kappa shape index (κ1) is 21.3. The minimum atomic E-state index is 0.295. The van der Waals surface area contributed by atoms with Gasteiger partial charge in [0, 0.05) is 31.7 Å². The van der Waals surface area contributed by atoms with Crippen LogP contribution >= 0.6 is 0 Å². The van der Waals surface area contributed by atoms with Crippen LogP contribution in [0, 0.1) is 25.7 Å². The molecule has 0 spiro atoms. The number of nitrogens with zero attached hydrogens (tertiary/aromatic N) is 3. The van der Waals surface area contributed by atoms with Crippen molar-refractivity contribution in [1.29, 1.82) is 0 Å². The number of ketones is 1. The Morgan fingerprint density at radius 3 is 2.43 bits per heavy atom. The summed E-state index contributed by atoms with van der Waals surface area (Å²) in [5.41, 5.74) is 3.61. The Bertz CT molecular complexity index is 878. The quantitative estimate of drug-likeness (QED) is 0.533. The number of rotatable bonds is 9. The van der Waals surface area contributed by atoms with Crippen molar-refractivity contribution >= 4 is 5.78 Å². The molecule has 2 saturated carbocycles. The molecule has 4 heteroatoms. The standard InChI is InChI=1S/C26H37N3O/c1-18-9-11-22(19(2)15-18)17-23(30)12-14-26-28-27-25(29(26)24-16-20(24)3)13-10-21-7-5-4-6-8-21/h9,11,15,20-21,24H,4-8,10,12-14,16-17H2,1-3H3/t20-,24?/m0/s1. The van der Waals surface area contributed by atoms with Gasteiger partial charge in [0.25, 0.3) is 0 Å². The smallest absolute Gasteiger partial charge is 0.137 e. The average molecular weight is 408 g/mol. The second kappa shape index (κ2) is 9.45. The molecule has 4 nitrogen and oxygen atoms in total. The normalized spacial score (nSPS) is 21.7. The maximum atomic E-state index is 12.7. The van der Waals surface area contributed by atoms with Gasteiger partial charge in [0.1, 0.15) is 17.4 Å². The third kappa shape index (κ3) is 5.19. The molecular formula is C26H37N3O. The highest BCUT2D eigenvalue weighted by atomic mass is 16.1. The largest absolute Gasteiger partial charge is 0.312 e. The van der Waals surface area contributed by atoms with E-state index >= 15 is 0 Å². The van der Waals surface area contributed by atoms with E-state index < -0.39 is 0 Å². The molecule has 0 bridgehead atoms. The summed E-state index contributed by atoms with van der Waals surface area (Å²) in [6.45, 7) is 6.50. The summed E-state index contributed by atoms with van der Waals surface area (Å²) in [6.07, 6.45) is 12.2. The summed E-state index contributed by atoms with van der Waals surface area (Å²) in [6, 6.07) is 6.90. The zero-order valence-corrected chi connectivity index (χ0v) is 19.0. The average Bonchev–Trinajstić information content (AvgIpc) is 3.31. The van der Waals surface area contributed by atoms with E-state index in [1.165, 1.54) is 56.1 Å². The van der Waals surface area contributed by atoms with Gasteiger partial charge in [-0.3, -0.25) is 4.79 Å². The Morgan fingerprint density at radius 1 is 1.07 bits per heavy atom. The lowest BCUT2D eigenvalue weighted by Gasteiger charge is -2.21. The van der Waals surface area contributed by atoms with Gasteiger partial charge in [-0.2, -0.15) is 0 Å². The van der Waals surface area contributed by atoms with E-state index in [0.29, 0.717) is 37.0 Å². The van der Waals surface area contributed by atoms with E-state index in [0.717, 1.165) is 29.6 Å². The Hall–Kier alpha value is -1.97. The number of carbonyl (C=O) groups excluding carboxylic acids is 1. The zero-order valence-electron chi connectivity index (χ0n) is 19.0. The number of hydrogen-bond donors (Lipinski definition) is 0.